The Hall–Kier alpha value is -1.29. The Kier molecular flexibility index (Phi) is 3.24. The maximum absolute atomic E-state index is 10.9. The summed E-state index contributed by atoms with van der Waals surface area (Å²) in [7, 11) is 1.92. The lowest BCUT2D eigenvalue weighted by molar-refractivity contribution is 0.0697. The molecule has 0 radical (unpaired) electrons. The van der Waals surface area contributed by atoms with E-state index >= 15 is 0 Å². The van der Waals surface area contributed by atoms with Crippen molar-refractivity contribution in [2.45, 2.75) is 25.8 Å². The molecule has 1 N–H and O–H groups in total. The second kappa shape index (κ2) is 4.53. The largest absolute Gasteiger partial charge is 0.478 e. The molecule has 1 fully saturated rings. The van der Waals surface area contributed by atoms with Gasteiger partial charge in [0.25, 0.3) is 0 Å². The molecule has 1 aliphatic carbocycles. The van der Waals surface area contributed by atoms with Crippen LogP contribution in [0.4, 0.5) is 5.82 Å². The normalized spacial score (nSPS) is 16.6. The average Bonchev–Trinajstić information content (AvgIpc) is 3.10. The van der Waals surface area contributed by atoms with Crippen LogP contribution in [0.2, 0.25) is 5.15 Å². The molecule has 92 valence electrons. The van der Waals surface area contributed by atoms with E-state index in [1.165, 1.54) is 18.9 Å². The summed E-state index contributed by atoms with van der Waals surface area (Å²) in [6.45, 7) is 2.13. The van der Waals surface area contributed by atoms with Gasteiger partial charge in [-0.25, -0.2) is 9.78 Å². The molecule has 1 aromatic rings. The van der Waals surface area contributed by atoms with Gasteiger partial charge in [-0.2, -0.15) is 0 Å². The van der Waals surface area contributed by atoms with Crippen molar-refractivity contribution in [3.8, 4) is 0 Å². The number of carboxylic acids is 1. The fraction of sp³-hybridized carbons (Fsp3) is 0.500. The predicted octanol–water partition coefficient (Wildman–Crippen LogP) is 2.67. The first-order valence-electron chi connectivity index (χ1n) is 5.62. The molecule has 0 spiro atoms. The lowest BCUT2D eigenvalue weighted by atomic mass is 10.2. The van der Waals surface area contributed by atoms with E-state index in [-0.39, 0.29) is 10.7 Å². The first-order valence-corrected chi connectivity index (χ1v) is 6.00. The first-order chi connectivity index (χ1) is 7.99. The molecule has 1 aromatic heterocycles. The molecule has 1 heterocycles. The summed E-state index contributed by atoms with van der Waals surface area (Å²) in [5.74, 6) is 0.325. The summed E-state index contributed by atoms with van der Waals surface area (Å²) in [5, 5.41) is 9.19. The number of nitrogens with zero attached hydrogens (tertiary/aromatic N) is 2. The van der Waals surface area contributed by atoms with Crippen LogP contribution in [0.1, 0.15) is 30.1 Å². The van der Waals surface area contributed by atoms with Crippen LogP contribution >= 0.6 is 11.6 Å². The maximum atomic E-state index is 10.9. The molecule has 2 rings (SSSR count). The van der Waals surface area contributed by atoms with Gasteiger partial charge < -0.3 is 10.0 Å². The van der Waals surface area contributed by atoms with E-state index in [0.29, 0.717) is 17.8 Å². The summed E-state index contributed by atoms with van der Waals surface area (Å²) in [6, 6.07) is 3.29. The SMILES string of the molecule is CC(C1CC1)N(C)c1cc(C(=O)O)cc(Cl)n1. The van der Waals surface area contributed by atoms with Crippen molar-refractivity contribution in [3.63, 3.8) is 0 Å². The molecule has 0 saturated heterocycles. The first kappa shape index (κ1) is 12.2. The van der Waals surface area contributed by atoms with Gasteiger partial charge in [-0.15, -0.1) is 0 Å². The Balaban J connectivity index is 2.27. The van der Waals surface area contributed by atoms with Crippen molar-refractivity contribution in [2.75, 3.05) is 11.9 Å². The molecule has 5 heteroatoms. The summed E-state index contributed by atoms with van der Waals surface area (Å²) >= 11 is 5.84. The van der Waals surface area contributed by atoms with Gasteiger partial charge in [-0.3, -0.25) is 0 Å². The molecule has 1 saturated carbocycles. The number of carbonyl (C=O) groups is 1. The molecule has 4 nitrogen and oxygen atoms in total. The topological polar surface area (TPSA) is 53.4 Å². The van der Waals surface area contributed by atoms with E-state index in [2.05, 4.69) is 11.9 Å². The third kappa shape index (κ3) is 2.69. The average molecular weight is 255 g/mol. The fourth-order valence-corrected chi connectivity index (χ4v) is 2.09. The predicted molar refractivity (Wildman–Crippen MR) is 66.8 cm³/mol. The Bertz CT molecular complexity index is 446. The van der Waals surface area contributed by atoms with Crippen LogP contribution in [0.25, 0.3) is 0 Å². The van der Waals surface area contributed by atoms with Crippen molar-refractivity contribution in [3.05, 3.63) is 22.8 Å². The Morgan fingerprint density at radius 2 is 2.24 bits per heavy atom. The van der Waals surface area contributed by atoms with Crippen molar-refractivity contribution < 1.29 is 9.90 Å². The third-order valence-corrected chi connectivity index (χ3v) is 3.50. The zero-order chi connectivity index (χ0) is 12.6. The van der Waals surface area contributed by atoms with Crippen molar-refractivity contribution in [1.82, 2.24) is 4.98 Å². The zero-order valence-corrected chi connectivity index (χ0v) is 10.6. The highest BCUT2D eigenvalue weighted by Crippen LogP contribution is 2.36. The molecule has 1 aliphatic rings. The highest BCUT2D eigenvalue weighted by atomic mass is 35.5. The molecule has 0 aromatic carbocycles. The fourth-order valence-electron chi connectivity index (χ4n) is 1.89. The number of carboxylic acid groups (broad SMARTS) is 1. The molecule has 0 aliphatic heterocycles. The summed E-state index contributed by atoms with van der Waals surface area (Å²) in [6.07, 6.45) is 2.47. The van der Waals surface area contributed by atoms with Gasteiger partial charge in [-0.1, -0.05) is 11.6 Å². The van der Waals surface area contributed by atoms with Crippen molar-refractivity contribution in [2.24, 2.45) is 5.92 Å². The van der Waals surface area contributed by atoms with Gasteiger partial charge in [0.2, 0.25) is 0 Å². The summed E-state index contributed by atoms with van der Waals surface area (Å²) < 4.78 is 0. The monoisotopic (exact) mass is 254 g/mol. The molecule has 17 heavy (non-hydrogen) atoms. The third-order valence-electron chi connectivity index (χ3n) is 3.30. The molecule has 1 atom stereocenters. The van der Waals surface area contributed by atoms with E-state index in [1.807, 2.05) is 11.9 Å². The lowest BCUT2D eigenvalue weighted by Crippen LogP contribution is -2.31. The molecular formula is C12H15ClN2O2. The van der Waals surface area contributed by atoms with Crippen LogP contribution in [-0.2, 0) is 0 Å². The second-order valence-electron chi connectivity index (χ2n) is 4.53. The minimum absolute atomic E-state index is 0.176. The lowest BCUT2D eigenvalue weighted by Gasteiger charge is -2.26. The number of halogens is 1. The molecule has 0 bridgehead atoms. The quantitative estimate of drug-likeness (QED) is 0.840. The van der Waals surface area contributed by atoms with Gasteiger partial charge in [0.1, 0.15) is 11.0 Å². The standard InChI is InChI=1S/C12H15ClN2O2/c1-7(8-3-4-8)15(2)11-6-9(12(16)17)5-10(13)14-11/h5-8H,3-4H2,1-2H3,(H,16,17). The smallest absolute Gasteiger partial charge is 0.335 e. The minimum Gasteiger partial charge on any atom is -0.478 e. The summed E-state index contributed by atoms with van der Waals surface area (Å²) in [4.78, 5) is 17.1. The van der Waals surface area contributed by atoms with E-state index < -0.39 is 5.97 Å². The number of pyridine rings is 1. The number of hydrogen-bond acceptors (Lipinski definition) is 3. The van der Waals surface area contributed by atoms with Crippen LogP contribution in [0, 0.1) is 5.92 Å². The molecular weight excluding hydrogens is 240 g/mol. The van der Waals surface area contributed by atoms with E-state index in [4.69, 9.17) is 16.7 Å². The Morgan fingerprint density at radius 3 is 2.76 bits per heavy atom. The minimum atomic E-state index is -0.983. The van der Waals surface area contributed by atoms with Crippen molar-refractivity contribution in [1.29, 1.82) is 0 Å². The van der Waals surface area contributed by atoms with Crippen LogP contribution in [0.15, 0.2) is 12.1 Å². The number of aromatic carboxylic acids is 1. The van der Waals surface area contributed by atoms with E-state index in [1.54, 1.807) is 6.07 Å². The van der Waals surface area contributed by atoms with E-state index in [9.17, 15) is 4.79 Å². The van der Waals surface area contributed by atoms with Gasteiger partial charge in [0, 0.05) is 13.1 Å². The number of anilines is 1. The van der Waals surface area contributed by atoms with Gasteiger partial charge in [-0.05, 0) is 37.8 Å². The number of rotatable bonds is 4. The van der Waals surface area contributed by atoms with Crippen LogP contribution in [0.5, 0.6) is 0 Å². The maximum Gasteiger partial charge on any atom is 0.335 e. The highest BCUT2D eigenvalue weighted by Gasteiger charge is 2.31. The molecule has 1 unspecified atom stereocenters. The van der Waals surface area contributed by atoms with E-state index in [0.717, 1.165) is 0 Å². The van der Waals surface area contributed by atoms with Crippen LogP contribution in [0.3, 0.4) is 0 Å². The van der Waals surface area contributed by atoms with Gasteiger partial charge in [0.05, 0.1) is 5.56 Å². The van der Waals surface area contributed by atoms with Gasteiger partial charge >= 0.3 is 5.97 Å². The van der Waals surface area contributed by atoms with Crippen molar-refractivity contribution >= 4 is 23.4 Å². The Morgan fingerprint density at radius 1 is 1.59 bits per heavy atom. The van der Waals surface area contributed by atoms with Crippen LogP contribution in [-0.4, -0.2) is 29.1 Å². The number of aromatic nitrogens is 1. The second-order valence-corrected chi connectivity index (χ2v) is 4.92. The summed E-state index contributed by atoms with van der Waals surface area (Å²) in [5.41, 5.74) is 0.176. The number of hydrogen-bond donors (Lipinski definition) is 1. The zero-order valence-electron chi connectivity index (χ0n) is 9.85. The van der Waals surface area contributed by atoms with Crippen LogP contribution < -0.4 is 4.90 Å². The highest BCUT2D eigenvalue weighted by molar-refractivity contribution is 6.29. The van der Waals surface area contributed by atoms with Gasteiger partial charge in [0.15, 0.2) is 0 Å². The molecule has 0 amide bonds. The Labute approximate surface area is 105 Å².